The van der Waals surface area contributed by atoms with Crippen LogP contribution in [0.1, 0.15) is 17.0 Å². The van der Waals surface area contributed by atoms with E-state index in [1.807, 2.05) is 0 Å². The Morgan fingerprint density at radius 1 is 1.18 bits per heavy atom. The number of carboxylic acid groups (broad SMARTS) is 1. The highest BCUT2D eigenvalue weighted by Gasteiger charge is 2.22. The summed E-state index contributed by atoms with van der Waals surface area (Å²) < 4.78 is 10.4. The molecule has 0 aliphatic heterocycles. The Morgan fingerprint density at radius 3 is 2.59 bits per heavy atom. The van der Waals surface area contributed by atoms with Gasteiger partial charge in [-0.15, -0.1) is 0 Å². The fourth-order valence-corrected chi connectivity index (χ4v) is 2.53. The van der Waals surface area contributed by atoms with Crippen LogP contribution in [0.3, 0.4) is 0 Å². The van der Waals surface area contributed by atoms with E-state index < -0.39 is 11.9 Å². The number of ether oxygens (including phenoxy) is 2. The van der Waals surface area contributed by atoms with Gasteiger partial charge >= 0.3 is 5.97 Å². The lowest BCUT2D eigenvalue weighted by molar-refractivity contribution is -0.138. The molecule has 1 N–H and O–H groups in total. The summed E-state index contributed by atoms with van der Waals surface area (Å²) in [6.45, 7) is 0. The van der Waals surface area contributed by atoms with Gasteiger partial charge in [0, 0.05) is 5.02 Å². The molecule has 5 heteroatoms. The highest BCUT2D eigenvalue weighted by Crippen LogP contribution is 2.30. The molecule has 0 aliphatic rings. The lowest BCUT2D eigenvalue weighted by Crippen LogP contribution is -2.15. The van der Waals surface area contributed by atoms with Gasteiger partial charge in [0.2, 0.25) is 0 Å². The van der Waals surface area contributed by atoms with E-state index in [1.165, 1.54) is 0 Å². The van der Waals surface area contributed by atoms with E-state index in [-0.39, 0.29) is 6.42 Å². The zero-order valence-corrected chi connectivity index (χ0v) is 13.1. The summed E-state index contributed by atoms with van der Waals surface area (Å²) in [6.07, 6.45) is 0.284. The van der Waals surface area contributed by atoms with E-state index in [9.17, 15) is 9.90 Å². The van der Waals surface area contributed by atoms with E-state index in [2.05, 4.69) is 0 Å². The lowest BCUT2D eigenvalue weighted by Gasteiger charge is -2.16. The topological polar surface area (TPSA) is 55.8 Å². The van der Waals surface area contributed by atoms with Crippen molar-refractivity contribution in [1.29, 1.82) is 0 Å². The first-order valence-electron chi connectivity index (χ1n) is 6.74. The van der Waals surface area contributed by atoms with Crippen molar-refractivity contribution in [2.75, 3.05) is 14.2 Å². The number of hydrogen-bond acceptors (Lipinski definition) is 3. The average Bonchev–Trinajstić information content (AvgIpc) is 2.52. The van der Waals surface area contributed by atoms with Crippen LogP contribution in [0, 0.1) is 0 Å². The molecular weight excluding hydrogens is 304 g/mol. The molecule has 1 unspecified atom stereocenters. The van der Waals surface area contributed by atoms with Crippen molar-refractivity contribution in [2.24, 2.45) is 0 Å². The maximum atomic E-state index is 11.7. The third-order valence-electron chi connectivity index (χ3n) is 3.46. The highest BCUT2D eigenvalue weighted by atomic mass is 35.5. The molecule has 0 radical (unpaired) electrons. The average molecular weight is 321 g/mol. The maximum absolute atomic E-state index is 11.7. The van der Waals surface area contributed by atoms with Gasteiger partial charge in [-0.3, -0.25) is 4.79 Å². The molecule has 0 aromatic heterocycles. The Balaban J connectivity index is 2.37. The van der Waals surface area contributed by atoms with Crippen LogP contribution in [0.2, 0.25) is 5.02 Å². The Kier molecular flexibility index (Phi) is 5.28. The minimum atomic E-state index is -0.907. The van der Waals surface area contributed by atoms with Gasteiger partial charge in [0.05, 0.1) is 20.1 Å². The van der Waals surface area contributed by atoms with Crippen LogP contribution in [0.5, 0.6) is 11.5 Å². The first-order chi connectivity index (χ1) is 10.5. The van der Waals surface area contributed by atoms with Crippen molar-refractivity contribution in [2.45, 2.75) is 12.3 Å². The fraction of sp³-hybridized carbons (Fsp3) is 0.235. The van der Waals surface area contributed by atoms with Crippen molar-refractivity contribution in [1.82, 2.24) is 0 Å². The molecule has 0 saturated heterocycles. The number of hydrogen-bond donors (Lipinski definition) is 1. The maximum Gasteiger partial charge on any atom is 0.311 e. The first-order valence-corrected chi connectivity index (χ1v) is 7.12. The molecule has 22 heavy (non-hydrogen) atoms. The summed E-state index contributed by atoms with van der Waals surface area (Å²) in [4.78, 5) is 11.7. The van der Waals surface area contributed by atoms with Crippen LogP contribution in [0.25, 0.3) is 0 Å². The summed E-state index contributed by atoms with van der Waals surface area (Å²) in [7, 11) is 3.10. The van der Waals surface area contributed by atoms with Crippen molar-refractivity contribution in [3.63, 3.8) is 0 Å². The molecule has 0 bridgehead atoms. The smallest absolute Gasteiger partial charge is 0.311 e. The van der Waals surface area contributed by atoms with E-state index in [4.69, 9.17) is 21.1 Å². The quantitative estimate of drug-likeness (QED) is 0.880. The number of rotatable bonds is 6. The van der Waals surface area contributed by atoms with Gasteiger partial charge in [0.25, 0.3) is 0 Å². The van der Waals surface area contributed by atoms with Crippen LogP contribution in [-0.2, 0) is 11.2 Å². The SMILES string of the molecule is COc1cccc(C(Cc2cc(Cl)ccc2OC)C(=O)O)c1. The third kappa shape index (κ3) is 3.71. The molecule has 0 saturated carbocycles. The zero-order chi connectivity index (χ0) is 16.1. The Morgan fingerprint density at radius 2 is 1.95 bits per heavy atom. The molecule has 2 aromatic carbocycles. The van der Waals surface area contributed by atoms with Crippen LogP contribution < -0.4 is 9.47 Å². The van der Waals surface area contributed by atoms with E-state index >= 15 is 0 Å². The van der Waals surface area contributed by atoms with Gasteiger partial charge in [-0.25, -0.2) is 0 Å². The van der Waals surface area contributed by atoms with Gasteiger partial charge < -0.3 is 14.6 Å². The highest BCUT2D eigenvalue weighted by molar-refractivity contribution is 6.30. The fourth-order valence-electron chi connectivity index (χ4n) is 2.33. The number of aliphatic carboxylic acids is 1. The molecule has 0 spiro atoms. The normalized spacial score (nSPS) is 11.8. The zero-order valence-electron chi connectivity index (χ0n) is 12.4. The predicted molar refractivity (Wildman–Crippen MR) is 85.1 cm³/mol. The molecule has 2 aromatic rings. The number of carboxylic acids is 1. The van der Waals surface area contributed by atoms with Crippen molar-refractivity contribution in [3.8, 4) is 11.5 Å². The Hall–Kier alpha value is -2.20. The van der Waals surface area contributed by atoms with Crippen LogP contribution in [-0.4, -0.2) is 25.3 Å². The van der Waals surface area contributed by atoms with Crippen LogP contribution >= 0.6 is 11.6 Å². The second-order valence-electron chi connectivity index (χ2n) is 4.83. The van der Waals surface area contributed by atoms with Crippen LogP contribution in [0.4, 0.5) is 0 Å². The second kappa shape index (κ2) is 7.18. The summed E-state index contributed by atoms with van der Waals surface area (Å²) >= 11 is 6.01. The standard InChI is InChI=1S/C17H17ClO4/c1-21-14-5-3-4-11(9-14)15(17(19)20)10-12-8-13(18)6-7-16(12)22-2/h3-9,15H,10H2,1-2H3,(H,19,20). The molecule has 0 amide bonds. The summed E-state index contributed by atoms with van der Waals surface area (Å²) in [5, 5.41) is 10.1. The Labute approximate surface area is 134 Å². The lowest BCUT2D eigenvalue weighted by atomic mass is 9.91. The number of methoxy groups -OCH3 is 2. The molecule has 2 rings (SSSR count). The largest absolute Gasteiger partial charge is 0.497 e. The van der Waals surface area contributed by atoms with Crippen molar-refractivity contribution < 1.29 is 19.4 Å². The van der Waals surface area contributed by atoms with Gasteiger partial charge in [0.1, 0.15) is 11.5 Å². The Bertz CT molecular complexity index is 669. The minimum Gasteiger partial charge on any atom is -0.497 e. The molecular formula is C17H17ClO4. The monoisotopic (exact) mass is 320 g/mol. The molecule has 0 aliphatic carbocycles. The summed E-state index contributed by atoms with van der Waals surface area (Å²) in [5.41, 5.74) is 1.43. The van der Waals surface area contributed by atoms with Gasteiger partial charge in [-0.2, -0.15) is 0 Å². The predicted octanol–water partition coefficient (Wildman–Crippen LogP) is 3.77. The van der Waals surface area contributed by atoms with Crippen molar-refractivity contribution >= 4 is 17.6 Å². The first kappa shape index (κ1) is 16.2. The molecule has 0 fully saturated rings. The van der Waals surface area contributed by atoms with E-state index in [1.54, 1.807) is 56.7 Å². The van der Waals surface area contributed by atoms with Gasteiger partial charge in [-0.1, -0.05) is 23.7 Å². The van der Waals surface area contributed by atoms with Gasteiger partial charge in [-0.05, 0) is 47.9 Å². The summed E-state index contributed by atoms with van der Waals surface area (Å²) in [6, 6.07) is 12.2. The molecule has 0 heterocycles. The van der Waals surface area contributed by atoms with Crippen molar-refractivity contribution in [3.05, 3.63) is 58.6 Å². The van der Waals surface area contributed by atoms with Crippen LogP contribution in [0.15, 0.2) is 42.5 Å². The minimum absolute atomic E-state index is 0.284. The van der Waals surface area contributed by atoms with E-state index in [0.29, 0.717) is 22.1 Å². The van der Waals surface area contributed by atoms with Gasteiger partial charge in [0.15, 0.2) is 0 Å². The summed E-state index contributed by atoms with van der Waals surface area (Å²) in [5.74, 6) is -0.363. The molecule has 4 nitrogen and oxygen atoms in total. The second-order valence-corrected chi connectivity index (χ2v) is 5.26. The number of carbonyl (C=O) groups is 1. The molecule has 116 valence electrons. The number of benzene rings is 2. The number of halogens is 1. The van der Waals surface area contributed by atoms with E-state index in [0.717, 1.165) is 5.56 Å². The third-order valence-corrected chi connectivity index (χ3v) is 3.70. The molecule has 1 atom stereocenters.